The lowest BCUT2D eigenvalue weighted by atomic mass is 10.7. The molecule has 10 heteroatoms. The molecule has 2 N–H and O–H groups in total. The summed E-state index contributed by atoms with van der Waals surface area (Å²) in [6.07, 6.45) is 2.55. The van der Waals surface area contributed by atoms with Crippen LogP contribution in [0.25, 0.3) is 0 Å². The predicted molar refractivity (Wildman–Crippen MR) is 64.8 cm³/mol. The lowest BCUT2D eigenvalue weighted by Crippen LogP contribution is -2.12. The van der Waals surface area contributed by atoms with Crippen LogP contribution in [0.2, 0.25) is 0 Å². The van der Waals surface area contributed by atoms with Crippen molar-refractivity contribution < 1.29 is 13.5 Å². The van der Waals surface area contributed by atoms with Gasteiger partial charge in [0.2, 0.25) is 5.13 Å². The van der Waals surface area contributed by atoms with Crippen molar-refractivity contribution in [1.29, 1.82) is 0 Å². The van der Waals surface area contributed by atoms with Crippen LogP contribution in [0, 0.1) is 6.92 Å². The second-order valence-corrected chi connectivity index (χ2v) is 6.26. The highest BCUT2D eigenvalue weighted by molar-refractivity contribution is 7.93. The summed E-state index contributed by atoms with van der Waals surface area (Å²) in [5, 5.41) is 20.8. The summed E-state index contributed by atoms with van der Waals surface area (Å²) in [6.45, 7) is 1.87. The molecule has 0 bridgehead atoms. The second kappa shape index (κ2) is 5.00. The first-order valence-corrected chi connectivity index (χ1v) is 7.27. The minimum absolute atomic E-state index is 0.0174. The number of nitrogens with zero attached hydrogens (tertiary/aromatic N) is 4. The van der Waals surface area contributed by atoms with Crippen molar-refractivity contribution >= 4 is 26.5 Å². The van der Waals surface area contributed by atoms with Gasteiger partial charge in [-0.25, -0.2) is 8.42 Å². The van der Waals surface area contributed by atoms with Gasteiger partial charge in [0.05, 0.1) is 19.3 Å². The minimum atomic E-state index is -3.70. The van der Waals surface area contributed by atoms with Crippen LogP contribution in [0.3, 0.4) is 0 Å². The zero-order valence-corrected chi connectivity index (χ0v) is 11.1. The molecule has 0 radical (unpaired) electrons. The maximum atomic E-state index is 11.9. The highest BCUT2D eigenvalue weighted by Gasteiger charge is 2.18. The van der Waals surface area contributed by atoms with Gasteiger partial charge in [-0.3, -0.25) is 9.40 Å². The van der Waals surface area contributed by atoms with E-state index in [0.717, 1.165) is 11.3 Å². The van der Waals surface area contributed by atoms with E-state index in [0.29, 0.717) is 5.01 Å². The molecule has 2 rings (SSSR count). The molecule has 0 spiro atoms. The molecule has 0 aromatic carbocycles. The number of anilines is 1. The molecule has 8 nitrogen and oxygen atoms in total. The second-order valence-electron chi connectivity index (χ2n) is 3.39. The van der Waals surface area contributed by atoms with E-state index in [-0.39, 0.29) is 23.2 Å². The average molecular weight is 289 g/mol. The van der Waals surface area contributed by atoms with Crippen molar-refractivity contribution in [1.82, 2.24) is 20.0 Å². The zero-order chi connectivity index (χ0) is 13.2. The highest BCUT2D eigenvalue weighted by Crippen LogP contribution is 2.18. The Kier molecular flexibility index (Phi) is 3.59. The Balaban J connectivity index is 2.19. The van der Waals surface area contributed by atoms with Crippen molar-refractivity contribution in [2.75, 3.05) is 11.3 Å². The van der Waals surface area contributed by atoms with Crippen molar-refractivity contribution in [2.45, 2.75) is 18.4 Å². The molecule has 0 amide bonds. The van der Waals surface area contributed by atoms with E-state index in [4.69, 9.17) is 5.11 Å². The average Bonchev–Trinajstić information content (AvgIpc) is 2.88. The smallest absolute Gasteiger partial charge is 0.266 e. The molecule has 98 valence electrons. The molecule has 0 aliphatic carbocycles. The fraction of sp³-hybridized carbons (Fsp3) is 0.375. The first-order chi connectivity index (χ1) is 8.51. The van der Waals surface area contributed by atoms with E-state index < -0.39 is 10.0 Å². The predicted octanol–water partition coefficient (Wildman–Crippen LogP) is -0.164. The maximum Gasteiger partial charge on any atom is 0.266 e. The van der Waals surface area contributed by atoms with Gasteiger partial charge >= 0.3 is 0 Å². The van der Waals surface area contributed by atoms with Gasteiger partial charge < -0.3 is 5.11 Å². The van der Waals surface area contributed by atoms with Crippen molar-refractivity contribution in [2.24, 2.45) is 0 Å². The standard InChI is InChI=1S/C8H11N5O3S2/c1-6-10-11-8(17-6)12-18(15,16)7-4-9-13(5-7)2-3-14/h4-5,14H,2-3H2,1H3,(H,11,12). The van der Waals surface area contributed by atoms with Crippen LogP contribution in [0.1, 0.15) is 5.01 Å². The Morgan fingerprint density at radius 3 is 2.89 bits per heavy atom. The first-order valence-electron chi connectivity index (χ1n) is 4.97. The summed E-state index contributed by atoms with van der Waals surface area (Å²) in [4.78, 5) is 0.0174. The summed E-state index contributed by atoms with van der Waals surface area (Å²) >= 11 is 1.15. The molecule has 0 aliphatic rings. The van der Waals surface area contributed by atoms with Gasteiger partial charge in [0, 0.05) is 6.20 Å². The quantitative estimate of drug-likeness (QED) is 0.791. The maximum absolute atomic E-state index is 11.9. The largest absolute Gasteiger partial charge is 0.394 e. The molecule has 18 heavy (non-hydrogen) atoms. The van der Waals surface area contributed by atoms with E-state index in [1.807, 2.05) is 0 Å². The highest BCUT2D eigenvalue weighted by atomic mass is 32.2. The molecule has 2 aromatic heterocycles. The van der Waals surface area contributed by atoms with Gasteiger partial charge in [0.15, 0.2) is 0 Å². The Bertz CT molecular complexity index is 633. The summed E-state index contributed by atoms with van der Waals surface area (Å²) in [5.74, 6) is 0. The van der Waals surface area contributed by atoms with E-state index in [1.165, 1.54) is 17.1 Å². The lowest BCUT2D eigenvalue weighted by Gasteiger charge is -2.00. The summed E-state index contributed by atoms with van der Waals surface area (Å²) < 4.78 is 27.5. The minimum Gasteiger partial charge on any atom is -0.394 e. The molecular weight excluding hydrogens is 278 g/mol. The van der Waals surface area contributed by atoms with E-state index in [9.17, 15) is 8.42 Å². The van der Waals surface area contributed by atoms with Crippen molar-refractivity contribution in [3.8, 4) is 0 Å². The van der Waals surface area contributed by atoms with Gasteiger partial charge in [-0.15, -0.1) is 10.2 Å². The molecule has 0 saturated heterocycles. The van der Waals surface area contributed by atoms with Crippen LogP contribution in [-0.4, -0.2) is 40.1 Å². The third kappa shape index (κ3) is 2.83. The van der Waals surface area contributed by atoms with E-state index in [2.05, 4.69) is 20.0 Å². The van der Waals surface area contributed by atoms with Gasteiger partial charge in [-0.1, -0.05) is 11.3 Å². The topological polar surface area (TPSA) is 110 Å². The summed E-state index contributed by atoms with van der Waals surface area (Å²) in [7, 11) is -3.70. The van der Waals surface area contributed by atoms with Gasteiger partial charge in [-0.2, -0.15) is 5.10 Å². The van der Waals surface area contributed by atoms with E-state index in [1.54, 1.807) is 6.92 Å². The van der Waals surface area contributed by atoms with Crippen LogP contribution in [0.5, 0.6) is 0 Å². The zero-order valence-electron chi connectivity index (χ0n) is 9.44. The number of hydrogen-bond donors (Lipinski definition) is 2. The molecule has 0 fully saturated rings. The van der Waals surface area contributed by atoms with Crippen LogP contribution in [-0.2, 0) is 16.6 Å². The number of nitrogens with one attached hydrogen (secondary N) is 1. The van der Waals surface area contributed by atoms with Crippen molar-refractivity contribution in [3.63, 3.8) is 0 Å². The molecule has 0 unspecified atom stereocenters. The Morgan fingerprint density at radius 1 is 1.50 bits per heavy atom. The molecule has 0 aliphatic heterocycles. The number of aryl methyl sites for hydroxylation is 1. The summed E-state index contributed by atoms with van der Waals surface area (Å²) in [5.41, 5.74) is 0. The number of aliphatic hydroxyl groups excluding tert-OH is 1. The number of aromatic nitrogens is 4. The fourth-order valence-corrected chi connectivity index (χ4v) is 2.99. The third-order valence-electron chi connectivity index (χ3n) is 2.00. The van der Waals surface area contributed by atoms with Crippen LogP contribution in [0.15, 0.2) is 17.3 Å². The Labute approximate surface area is 107 Å². The van der Waals surface area contributed by atoms with Gasteiger partial charge in [0.25, 0.3) is 10.0 Å². The molecular formula is C8H11N5O3S2. The van der Waals surface area contributed by atoms with Crippen LogP contribution in [0.4, 0.5) is 5.13 Å². The fourth-order valence-electron chi connectivity index (χ4n) is 1.22. The molecule has 0 saturated carbocycles. The van der Waals surface area contributed by atoms with Gasteiger partial charge in [-0.05, 0) is 6.92 Å². The lowest BCUT2D eigenvalue weighted by molar-refractivity contribution is 0.269. The third-order valence-corrected chi connectivity index (χ3v) is 4.17. The normalized spacial score (nSPS) is 11.7. The summed E-state index contributed by atoms with van der Waals surface area (Å²) in [6, 6.07) is 0. The first kappa shape index (κ1) is 12.9. The molecule has 2 aromatic rings. The molecule has 2 heterocycles. The monoisotopic (exact) mass is 289 g/mol. The van der Waals surface area contributed by atoms with Gasteiger partial charge in [0.1, 0.15) is 9.90 Å². The number of sulfonamides is 1. The molecule has 0 atom stereocenters. The van der Waals surface area contributed by atoms with Crippen LogP contribution >= 0.6 is 11.3 Å². The Morgan fingerprint density at radius 2 is 2.28 bits per heavy atom. The Hall–Kier alpha value is -1.52. The SMILES string of the molecule is Cc1nnc(NS(=O)(=O)c2cnn(CCO)c2)s1. The number of hydrogen-bond acceptors (Lipinski definition) is 7. The van der Waals surface area contributed by atoms with Crippen LogP contribution < -0.4 is 4.72 Å². The van der Waals surface area contributed by atoms with Crippen molar-refractivity contribution in [3.05, 3.63) is 17.4 Å². The van der Waals surface area contributed by atoms with E-state index >= 15 is 0 Å². The number of rotatable bonds is 5. The number of aliphatic hydroxyl groups is 1.